The van der Waals surface area contributed by atoms with Crippen LogP contribution in [0.2, 0.25) is 0 Å². The molecule has 0 saturated carbocycles. The molecular weight excluding hydrogens is 396 g/mol. The summed E-state index contributed by atoms with van der Waals surface area (Å²) in [5.74, 6) is -5.11. The Balaban J connectivity index is 1.98. The van der Waals surface area contributed by atoms with Crippen LogP contribution in [-0.4, -0.2) is 55.6 Å². The molecule has 0 spiro atoms. The third-order valence-electron chi connectivity index (χ3n) is 3.12. The van der Waals surface area contributed by atoms with Crippen molar-refractivity contribution in [1.29, 1.82) is 0 Å². The van der Waals surface area contributed by atoms with Crippen molar-refractivity contribution in [2.45, 2.75) is 31.3 Å². The number of nitrogens with zero attached hydrogens (tertiary/aromatic N) is 1. The zero-order chi connectivity index (χ0) is 19.0. The van der Waals surface area contributed by atoms with Crippen molar-refractivity contribution < 1.29 is 56.1 Å². The van der Waals surface area contributed by atoms with E-state index in [-0.39, 0.29) is 6.42 Å². The van der Waals surface area contributed by atoms with Crippen LogP contribution in [0.1, 0.15) is 12.8 Å². The van der Waals surface area contributed by atoms with Gasteiger partial charge in [0.2, 0.25) is 18.0 Å². The van der Waals surface area contributed by atoms with Gasteiger partial charge in [-0.05, 0) is 6.42 Å². The van der Waals surface area contributed by atoms with E-state index >= 15 is 0 Å². The Morgan fingerprint density at radius 3 is 2.68 bits per heavy atom. The highest BCUT2D eigenvalue weighted by atomic mass is 31.3. The Morgan fingerprint density at radius 1 is 1.44 bits per heavy atom. The minimum absolute atomic E-state index is 0.133. The lowest BCUT2D eigenvalue weighted by atomic mass is 10.2. The van der Waals surface area contributed by atoms with Crippen molar-refractivity contribution in [3.63, 3.8) is 0 Å². The smallest absolute Gasteiger partial charge is 0.356 e. The quantitative estimate of drug-likeness (QED) is 0.358. The van der Waals surface area contributed by atoms with Gasteiger partial charge in [0.05, 0.1) is 0 Å². The summed E-state index contributed by atoms with van der Waals surface area (Å²) in [6.07, 6.45) is -2.90. The molecule has 25 heavy (non-hydrogen) atoms. The van der Waals surface area contributed by atoms with E-state index in [4.69, 9.17) is 19.4 Å². The summed E-state index contributed by atoms with van der Waals surface area (Å²) in [6.45, 7) is -1.24. The predicted octanol–water partition coefficient (Wildman–Crippen LogP) is -0.466. The van der Waals surface area contributed by atoms with Crippen LogP contribution in [0, 0.1) is 0 Å². The largest absolute Gasteiger partial charge is 0.481 e. The molecule has 144 valence electrons. The lowest BCUT2D eigenvalue weighted by Gasteiger charge is -2.35. The first-order valence-corrected chi connectivity index (χ1v) is 9.57. The zero-order valence-electron chi connectivity index (χ0n) is 12.2. The molecule has 16 heteroatoms. The maximum absolute atomic E-state index is 14.4. The SMILES string of the molecule is O=C1NC(O)N([C@H]2CC[C@@](F)(COP(=O)(O)OP(=O)(O)O)O2)C=C1F. The van der Waals surface area contributed by atoms with Crippen LogP contribution >= 0.6 is 15.6 Å². The fourth-order valence-corrected chi connectivity index (χ4v) is 3.73. The minimum Gasteiger partial charge on any atom is -0.356 e. The molecule has 2 heterocycles. The molecule has 0 aliphatic carbocycles. The number of aliphatic hydroxyl groups excluding tert-OH is 1. The summed E-state index contributed by atoms with van der Waals surface area (Å²) < 4.78 is 62.0. The van der Waals surface area contributed by atoms with Gasteiger partial charge in [-0.3, -0.25) is 9.32 Å². The molecule has 2 rings (SSSR count). The molecule has 0 aromatic heterocycles. The number of hydrogen-bond donors (Lipinski definition) is 5. The van der Waals surface area contributed by atoms with Crippen LogP contribution < -0.4 is 5.32 Å². The summed E-state index contributed by atoms with van der Waals surface area (Å²) in [4.78, 5) is 37.7. The molecular formula is C9H14F2N2O10P2. The number of nitrogens with one attached hydrogen (secondary N) is 1. The van der Waals surface area contributed by atoms with Gasteiger partial charge in [-0.1, -0.05) is 0 Å². The van der Waals surface area contributed by atoms with Gasteiger partial charge in [0, 0.05) is 12.6 Å². The van der Waals surface area contributed by atoms with Crippen molar-refractivity contribution in [2.24, 2.45) is 0 Å². The molecule has 2 unspecified atom stereocenters. The summed E-state index contributed by atoms with van der Waals surface area (Å²) >= 11 is 0. The van der Waals surface area contributed by atoms with Crippen molar-refractivity contribution in [3.05, 3.63) is 12.0 Å². The van der Waals surface area contributed by atoms with Gasteiger partial charge in [0.15, 0.2) is 0 Å². The minimum atomic E-state index is -5.36. The molecule has 2 aliphatic heterocycles. The topological polar surface area (TPSA) is 175 Å². The second kappa shape index (κ2) is 6.99. The van der Waals surface area contributed by atoms with E-state index in [9.17, 15) is 27.8 Å². The molecule has 4 atom stereocenters. The van der Waals surface area contributed by atoms with Crippen molar-refractivity contribution in [2.75, 3.05) is 6.61 Å². The third kappa shape index (κ3) is 5.51. The normalized spacial score (nSPS) is 33.0. The predicted molar refractivity (Wildman–Crippen MR) is 72.0 cm³/mol. The fourth-order valence-electron chi connectivity index (χ4n) is 2.11. The number of ether oxygens (including phenoxy) is 1. The van der Waals surface area contributed by atoms with Gasteiger partial charge in [-0.15, -0.1) is 0 Å². The Kier molecular flexibility index (Phi) is 5.69. The molecule has 12 nitrogen and oxygen atoms in total. The van der Waals surface area contributed by atoms with E-state index in [0.717, 1.165) is 4.90 Å². The van der Waals surface area contributed by atoms with Crippen LogP contribution in [0.4, 0.5) is 8.78 Å². The van der Waals surface area contributed by atoms with E-state index in [2.05, 4.69) is 8.83 Å². The van der Waals surface area contributed by atoms with Crippen molar-refractivity contribution in [1.82, 2.24) is 10.2 Å². The summed E-state index contributed by atoms with van der Waals surface area (Å²) in [5.41, 5.74) is 0. The van der Waals surface area contributed by atoms with E-state index in [1.807, 2.05) is 5.32 Å². The maximum atomic E-state index is 14.4. The molecule has 1 fully saturated rings. The highest BCUT2D eigenvalue weighted by molar-refractivity contribution is 7.60. The number of rotatable bonds is 6. The van der Waals surface area contributed by atoms with E-state index in [1.54, 1.807) is 0 Å². The van der Waals surface area contributed by atoms with Crippen LogP contribution in [0.5, 0.6) is 0 Å². The van der Waals surface area contributed by atoms with Crippen LogP contribution in [-0.2, 0) is 27.5 Å². The van der Waals surface area contributed by atoms with Crippen LogP contribution in [0.25, 0.3) is 0 Å². The second-order valence-electron chi connectivity index (χ2n) is 5.08. The highest BCUT2D eigenvalue weighted by Crippen LogP contribution is 2.58. The third-order valence-corrected chi connectivity index (χ3v) is 5.25. The molecule has 0 radical (unpaired) electrons. The number of carbonyl (C=O) groups is 1. The average molecular weight is 410 g/mol. The number of phosphoric ester groups is 1. The number of aliphatic hydroxyl groups is 1. The number of alkyl halides is 1. The molecule has 0 aromatic carbocycles. The van der Waals surface area contributed by atoms with E-state index < -0.39 is 58.8 Å². The number of phosphoric acid groups is 2. The molecule has 0 aromatic rings. The molecule has 5 N–H and O–H groups in total. The number of carbonyl (C=O) groups excluding carboxylic acids is 1. The first kappa shape index (κ1) is 20.4. The lowest BCUT2D eigenvalue weighted by Crippen LogP contribution is -2.53. The Labute approximate surface area is 138 Å². The number of amides is 1. The van der Waals surface area contributed by atoms with Gasteiger partial charge < -0.3 is 34.7 Å². The lowest BCUT2D eigenvalue weighted by molar-refractivity contribution is -0.205. The summed E-state index contributed by atoms with van der Waals surface area (Å²) in [5, 5.41) is 11.5. The molecule has 1 amide bonds. The Bertz CT molecular complexity index is 671. The van der Waals surface area contributed by atoms with Crippen LogP contribution in [0.15, 0.2) is 12.0 Å². The van der Waals surface area contributed by atoms with E-state index in [0.29, 0.717) is 6.20 Å². The molecule has 2 aliphatic rings. The van der Waals surface area contributed by atoms with Gasteiger partial charge in [-0.25, -0.2) is 13.5 Å². The van der Waals surface area contributed by atoms with Gasteiger partial charge in [-0.2, -0.15) is 8.70 Å². The van der Waals surface area contributed by atoms with Gasteiger partial charge in [0.1, 0.15) is 12.8 Å². The standard InChI is InChI=1S/C9H14F2N2O10P2/c10-5-3-13(8(15)12-7(5)14)6-1-2-9(11,22-6)4-21-25(19,20)23-24(16,17)18/h3,6,8,15H,1-2,4H2,(H,12,14)(H,19,20)(H2,16,17,18)/t6-,8?,9+/m1/s1. The summed E-state index contributed by atoms with van der Waals surface area (Å²) in [6, 6.07) is 0. The molecule has 0 bridgehead atoms. The first-order valence-electron chi connectivity index (χ1n) is 6.55. The Hall–Kier alpha value is -0.950. The first-order chi connectivity index (χ1) is 11.3. The van der Waals surface area contributed by atoms with Crippen LogP contribution in [0.3, 0.4) is 0 Å². The number of hydrogen-bond acceptors (Lipinski definition) is 8. The average Bonchev–Trinajstić information content (AvgIpc) is 2.81. The summed E-state index contributed by atoms with van der Waals surface area (Å²) in [7, 11) is -10.6. The maximum Gasteiger partial charge on any atom is 0.481 e. The monoisotopic (exact) mass is 410 g/mol. The fraction of sp³-hybridized carbons (Fsp3) is 0.667. The number of halogens is 2. The van der Waals surface area contributed by atoms with Gasteiger partial charge in [0.25, 0.3) is 5.91 Å². The highest BCUT2D eigenvalue weighted by Gasteiger charge is 2.47. The van der Waals surface area contributed by atoms with Gasteiger partial charge >= 0.3 is 15.6 Å². The second-order valence-corrected chi connectivity index (χ2v) is 7.91. The van der Waals surface area contributed by atoms with E-state index in [1.165, 1.54) is 0 Å². The van der Waals surface area contributed by atoms with Crippen molar-refractivity contribution in [3.8, 4) is 0 Å². The molecule has 1 saturated heterocycles. The van der Waals surface area contributed by atoms with Crippen molar-refractivity contribution >= 4 is 21.6 Å². The Morgan fingerprint density at radius 2 is 2.08 bits per heavy atom. The zero-order valence-corrected chi connectivity index (χ0v) is 14.0.